The molecule has 1 rings (SSSR count). The monoisotopic (exact) mass is 205 g/mol. The third-order valence-corrected chi connectivity index (χ3v) is 3.71. The quantitative estimate of drug-likeness (QED) is 0.657. The first kappa shape index (κ1) is 10.5. The van der Waals surface area contributed by atoms with E-state index in [-0.39, 0.29) is 11.8 Å². The smallest absolute Gasteiger partial charge is 0.238 e. The van der Waals surface area contributed by atoms with E-state index in [0.29, 0.717) is 5.92 Å². The average Bonchev–Trinajstić information content (AvgIpc) is 1.94. The van der Waals surface area contributed by atoms with Crippen LogP contribution in [0.2, 0.25) is 0 Å². The number of nitrogens with zero attached hydrogens (tertiary/aromatic N) is 1. The number of carbonyl (C=O) groups excluding carboxylic acids is 1. The Morgan fingerprint density at radius 3 is 2.15 bits per heavy atom. The molecule has 0 unspecified atom stereocenters. The van der Waals surface area contributed by atoms with Crippen LogP contribution >= 0.6 is 0 Å². The van der Waals surface area contributed by atoms with Crippen molar-refractivity contribution in [2.24, 2.45) is 11.8 Å². The third kappa shape index (κ3) is 2.21. The van der Waals surface area contributed by atoms with Crippen molar-refractivity contribution in [3.05, 3.63) is 0 Å². The van der Waals surface area contributed by atoms with Gasteiger partial charge >= 0.3 is 0 Å². The summed E-state index contributed by atoms with van der Waals surface area (Å²) in [4.78, 5) is 11.5. The summed E-state index contributed by atoms with van der Waals surface area (Å²) in [5, 5.41) is 0. The Kier molecular flexibility index (Phi) is 2.66. The minimum absolute atomic E-state index is 0.0743. The van der Waals surface area contributed by atoms with Gasteiger partial charge in [0.05, 0.1) is 6.26 Å². The van der Waals surface area contributed by atoms with E-state index in [0.717, 1.165) is 23.4 Å². The van der Waals surface area contributed by atoms with Crippen molar-refractivity contribution in [3.63, 3.8) is 0 Å². The number of hydrogen-bond acceptors (Lipinski definition) is 3. The van der Waals surface area contributed by atoms with E-state index < -0.39 is 10.0 Å². The molecule has 1 aliphatic rings. The van der Waals surface area contributed by atoms with E-state index in [2.05, 4.69) is 6.92 Å². The molecule has 1 saturated carbocycles. The zero-order chi connectivity index (χ0) is 10.2. The molecule has 0 aromatic carbocycles. The van der Waals surface area contributed by atoms with E-state index in [1.807, 2.05) is 0 Å². The predicted octanol–water partition coefficient (Wildman–Crippen LogP) is 0.451. The Balaban J connectivity index is 2.59. The average molecular weight is 205 g/mol. The molecule has 1 amide bonds. The summed E-state index contributed by atoms with van der Waals surface area (Å²) < 4.78 is 22.9. The molecule has 76 valence electrons. The van der Waals surface area contributed by atoms with Crippen LogP contribution in [0.5, 0.6) is 0 Å². The van der Waals surface area contributed by atoms with Gasteiger partial charge in [0, 0.05) is 13.0 Å². The largest absolute Gasteiger partial charge is 0.274 e. The summed E-state index contributed by atoms with van der Waals surface area (Å²) in [6.45, 7) is 2.06. The molecular formula is C8H15NO3S. The van der Waals surface area contributed by atoms with Crippen molar-refractivity contribution in [3.8, 4) is 0 Å². The van der Waals surface area contributed by atoms with Gasteiger partial charge in [-0.1, -0.05) is 6.92 Å². The Hall–Kier alpha value is -0.580. The lowest BCUT2D eigenvalue weighted by atomic mass is 9.76. The highest BCUT2D eigenvalue weighted by atomic mass is 32.2. The molecule has 0 aromatic heterocycles. The molecule has 0 saturated heterocycles. The van der Waals surface area contributed by atoms with Crippen molar-refractivity contribution in [2.45, 2.75) is 19.8 Å². The molecule has 0 N–H and O–H groups in total. The van der Waals surface area contributed by atoms with E-state index >= 15 is 0 Å². The van der Waals surface area contributed by atoms with Gasteiger partial charge < -0.3 is 0 Å². The van der Waals surface area contributed by atoms with Crippen molar-refractivity contribution in [1.29, 1.82) is 0 Å². The maximum Gasteiger partial charge on any atom is 0.238 e. The molecule has 13 heavy (non-hydrogen) atoms. The normalized spacial score (nSPS) is 27.9. The van der Waals surface area contributed by atoms with E-state index in [9.17, 15) is 13.2 Å². The van der Waals surface area contributed by atoms with E-state index in [4.69, 9.17) is 0 Å². The molecule has 0 heterocycles. The standard InChI is InChI=1S/C8H15NO3S/c1-6-4-7(5-6)8(10)9(2)13(3,11)12/h6-7H,4-5H2,1-3H3. The van der Waals surface area contributed by atoms with Crippen molar-refractivity contribution < 1.29 is 13.2 Å². The van der Waals surface area contributed by atoms with Crippen LogP contribution in [0.15, 0.2) is 0 Å². The molecule has 1 fully saturated rings. The van der Waals surface area contributed by atoms with Crippen LogP contribution in [0.4, 0.5) is 0 Å². The third-order valence-electron chi connectivity index (χ3n) is 2.53. The predicted molar refractivity (Wildman–Crippen MR) is 49.5 cm³/mol. The van der Waals surface area contributed by atoms with Gasteiger partial charge in [-0.15, -0.1) is 0 Å². The molecule has 0 aliphatic heterocycles. The van der Waals surface area contributed by atoms with Crippen molar-refractivity contribution in [2.75, 3.05) is 13.3 Å². The van der Waals surface area contributed by atoms with Crippen LogP contribution in [0.25, 0.3) is 0 Å². The van der Waals surface area contributed by atoms with Crippen LogP contribution in [0.1, 0.15) is 19.8 Å². The Bertz CT molecular complexity index is 303. The summed E-state index contributed by atoms with van der Waals surface area (Å²) >= 11 is 0. The summed E-state index contributed by atoms with van der Waals surface area (Å²) in [6, 6.07) is 0. The number of amides is 1. The second kappa shape index (κ2) is 3.29. The van der Waals surface area contributed by atoms with Crippen molar-refractivity contribution in [1.82, 2.24) is 4.31 Å². The highest BCUT2D eigenvalue weighted by Gasteiger charge is 2.35. The second-order valence-electron chi connectivity index (χ2n) is 3.84. The first-order valence-corrected chi connectivity index (χ1v) is 6.15. The fourth-order valence-corrected chi connectivity index (χ4v) is 2.00. The first-order chi connectivity index (χ1) is 5.82. The Morgan fingerprint density at radius 1 is 1.38 bits per heavy atom. The highest BCUT2D eigenvalue weighted by Crippen LogP contribution is 2.34. The van der Waals surface area contributed by atoms with Crippen LogP contribution in [0.3, 0.4) is 0 Å². The molecule has 0 bridgehead atoms. The van der Waals surface area contributed by atoms with Gasteiger partial charge in [0.25, 0.3) is 0 Å². The molecule has 0 radical (unpaired) electrons. The lowest BCUT2D eigenvalue weighted by Crippen LogP contribution is -2.41. The number of rotatable bonds is 2. The SMILES string of the molecule is CC1CC(C(=O)N(C)S(C)(=O)=O)C1. The molecule has 1 aliphatic carbocycles. The van der Waals surface area contributed by atoms with Crippen LogP contribution in [0, 0.1) is 11.8 Å². The maximum atomic E-state index is 11.5. The van der Waals surface area contributed by atoms with Gasteiger partial charge in [-0.05, 0) is 18.8 Å². The fraction of sp³-hybridized carbons (Fsp3) is 0.875. The Labute approximate surface area is 79.0 Å². The molecule has 0 atom stereocenters. The van der Waals surface area contributed by atoms with E-state index in [1.165, 1.54) is 7.05 Å². The topological polar surface area (TPSA) is 54.5 Å². The summed E-state index contributed by atoms with van der Waals surface area (Å²) in [5.41, 5.74) is 0. The van der Waals surface area contributed by atoms with E-state index in [1.54, 1.807) is 0 Å². The fourth-order valence-electron chi connectivity index (χ4n) is 1.52. The van der Waals surface area contributed by atoms with Crippen LogP contribution in [-0.4, -0.2) is 31.9 Å². The lowest BCUT2D eigenvalue weighted by molar-refractivity contribution is -0.133. The molecular weight excluding hydrogens is 190 g/mol. The Morgan fingerprint density at radius 2 is 1.85 bits per heavy atom. The van der Waals surface area contributed by atoms with Crippen LogP contribution in [-0.2, 0) is 14.8 Å². The van der Waals surface area contributed by atoms with Crippen molar-refractivity contribution >= 4 is 15.9 Å². The number of sulfonamides is 1. The summed E-state index contributed by atoms with van der Waals surface area (Å²) in [6.07, 6.45) is 2.68. The van der Waals surface area contributed by atoms with Gasteiger partial charge in [-0.3, -0.25) is 4.79 Å². The first-order valence-electron chi connectivity index (χ1n) is 4.30. The molecule has 0 spiro atoms. The lowest BCUT2D eigenvalue weighted by Gasteiger charge is -2.33. The van der Waals surface area contributed by atoms with Gasteiger partial charge in [-0.25, -0.2) is 12.7 Å². The molecule has 5 heteroatoms. The van der Waals surface area contributed by atoms with Gasteiger partial charge in [0.15, 0.2) is 0 Å². The zero-order valence-corrected chi connectivity index (χ0v) is 8.97. The molecule has 0 aromatic rings. The van der Waals surface area contributed by atoms with Gasteiger partial charge in [0.2, 0.25) is 15.9 Å². The minimum atomic E-state index is -3.36. The number of hydrogen-bond donors (Lipinski definition) is 0. The van der Waals surface area contributed by atoms with Crippen LogP contribution < -0.4 is 0 Å². The van der Waals surface area contributed by atoms with Gasteiger partial charge in [0.1, 0.15) is 0 Å². The zero-order valence-electron chi connectivity index (χ0n) is 8.15. The summed E-state index contributed by atoms with van der Waals surface area (Å²) in [7, 11) is -2.04. The summed E-state index contributed by atoms with van der Waals surface area (Å²) in [5.74, 6) is 0.220. The van der Waals surface area contributed by atoms with Gasteiger partial charge in [-0.2, -0.15) is 0 Å². The minimum Gasteiger partial charge on any atom is -0.274 e. The molecule has 4 nitrogen and oxygen atoms in total. The number of carbonyl (C=O) groups is 1. The second-order valence-corrected chi connectivity index (χ2v) is 5.86. The maximum absolute atomic E-state index is 11.5. The highest BCUT2D eigenvalue weighted by molar-refractivity contribution is 7.88.